The highest BCUT2D eigenvalue weighted by Gasteiger charge is 2.30. The third kappa shape index (κ3) is 4.22. The van der Waals surface area contributed by atoms with Crippen LogP contribution >= 0.6 is 0 Å². The van der Waals surface area contributed by atoms with Gasteiger partial charge in [-0.1, -0.05) is 0 Å². The predicted molar refractivity (Wildman–Crippen MR) is 92.9 cm³/mol. The van der Waals surface area contributed by atoms with E-state index in [-0.39, 0.29) is 16.2 Å². The van der Waals surface area contributed by atoms with Gasteiger partial charge in [-0.25, -0.2) is 17.9 Å². The lowest BCUT2D eigenvalue weighted by Gasteiger charge is -2.07. The van der Waals surface area contributed by atoms with Crippen molar-refractivity contribution in [2.45, 2.75) is 16.8 Å². The first-order valence-corrected chi connectivity index (χ1v) is 9.50. The number of carboxylic acids is 1. The second-order valence-corrected chi connectivity index (χ2v) is 7.87. The van der Waals surface area contributed by atoms with Crippen LogP contribution in [0.4, 0.5) is 13.2 Å². The smallest absolute Gasteiger partial charge is 0.416 e. The minimum atomic E-state index is -4.45. The van der Waals surface area contributed by atoms with Crippen molar-refractivity contribution in [3.63, 3.8) is 0 Å². The molecule has 0 bridgehead atoms. The van der Waals surface area contributed by atoms with E-state index in [0.717, 1.165) is 12.1 Å². The number of carboxylic acid groups (broad SMARTS) is 1. The molecule has 10 heteroatoms. The summed E-state index contributed by atoms with van der Waals surface area (Å²) in [4.78, 5) is 10.8. The number of carbonyl (C=O) groups is 1. The molecule has 0 saturated carbocycles. The van der Waals surface area contributed by atoms with Crippen molar-refractivity contribution >= 4 is 15.8 Å². The molecule has 1 N–H and O–H groups in total. The van der Waals surface area contributed by atoms with Gasteiger partial charge in [-0.15, -0.1) is 0 Å². The Morgan fingerprint density at radius 2 is 1.61 bits per heavy atom. The van der Waals surface area contributed by atoms with E-state index in [1.165, 1.54) is 53.3 Å². The summed E-state index contributed by atoms with van der Waals surface area (Å²) < 4.78 is 64.1. The van der Waals surface area contributed by atoms with Crippen LogP contribution in [0.1, 0.15) is 21.6 Å². The van der Waals surface area contributed by atoms with E-state index >= 15 is 0 Å². The highest BCUT2D eigenvalue weighted by molar-refractivity contribution is 7.90. The number of benzene rings is 2. The zero-order valence-corrected chi connectivity index (χ0v) is 14.9. The van der Waals surface area contributed by atoms with Crippen molar-refractivity contribution < 1.29 is 31.5 Å². The number of nitrogens with zero attached hydrogens (tertiary/aromatic N) is 2. The number of alkyl halides is 3. The number of sulfone groups is 1. The first-order valence-electron chi connectivity index (χ1n) is 7.84. The molecular weight excluding hydrogens is 397 g/mol. The van der Waals surface area contributed by atoms with Gasteiger partial charge >= 0.3 is 12.1 Å². The van der Waals surface area contributed by atoms with Crippen LogP contribution in [0, 0.1) is 0 Å². The van der Waals surface area contributed by atoms with Gasteiger partial charge in [0.05, 0.1) is 33.2 Å². The van der Waals surface area contributed by atoms with E-state index in [2.05, 4.69) is 5.10 Å². The van der Waals surface area contributed by atoms with Gasteiger partial charge < -0.3 is 5.11 Å². The molecular formula is C18H13F3N2O4S. The second kappa shape index (κ2) is 7.12. The lowest BCUT2D eigenvalue weighted by Crippen LogP contribution is -2.07. The molecule has 146 valence electrons. The molecule has 0 saturated heterocycles. The Bertz CT molecular complexity index is 1100. The van der Waals surface area contributed by atoms with E-state index in [1.807, 2.05) is 0 Å². The van der Waals surface area contributed by atoms with Crippen molar-refractivity contribution in [3.8, 4) is 5.69 Å². The van der Waals surface area contributed by atoms with Gasteiger partial charge in [0.2, 0.25) is 0 Å². The predicted octanol–water partition coefficient (Wildman–Crippen LogP) is 3.56. The Hall–Kier alpha value is -3.14. The average Bonchev–Trinajstić information content (AvgIpc) is 3.09. The molecule has 3 aromatic rings. The quantitative estimate of drug-likeness (QED) is 0.695. The molecule has 0 unspecified atom stereocenters. The Balaban J connectivity index is 1.79. The fraction of sp³-hybridized carbons (Fsp3) is 0.111. The summed E-state index contributed by atoms with van der Waals surface area (Å²) >= 11 is 0. The second-order valence-electron chi connectivity index (χ2n) is 5.88. The van der Waals surface area contributed by atoms with E-state index in [9.17, 15) is 26.4 Å². The van der Waals surface area contributed by atoms with Crippen LogP contribution in [0.3, 0.4) is 0 Å². The highest BCUT2D eigenvalue weighted by Crippen LogP contribution is 2.29. The molecule has 0 aliphatic rings. The number of hydrogen-bond donors (Lipinski definition) is 1. The summed E-state index contributed by atoms with van der Waals surface area (Å²) in [5.74, 6) is -1.60. The molecule has 6 nitrogen and oxygen atoms in total. The minimum Gasteiger partial charge on any atom is -0.478 e. The summed E-state index contributed by atoms with van der Waals surface area (Å²) in [6.45, 7) is 0. The van der Waals surface area contributed by atoms with Gasteiger partial charge in [-0.2, -0.15) is 18.3 Å². The zero-order valence-electron chi connectivity index (χ0n) is 14.1. The van der Waals surface area contributed by atoms with Gasteiger partial charge in [0.25, 0.3) is 0 Å². The van der Waals surface area contributed by atoms with Crippen molar-refractivity contribution in [2.75, 3.05) is 0 Å². The fourth-order valence-electron chi connectivity index (χ4n) is 2.47. The molecule has 3 rings (SSSR count). The maximum absolute atomic E-state index is 12.6. The first kappa shape index (κ1) is 19.6. The molecule has 0 amide bonds. The van der Waals surface area contributed by atoms with Crippen LogP contribution in [0.15, 0.2) is 65.7 Å². The number of aromatic nitrogens is 2. The standard InChI is InChI=1S/C18H13F3N2O4S/c19-18(20,21)13-3-5-15(6-4-13)23-10-9-14(22-23)11-28(26,27)16-7-1-12(2-8-16)17(24)25/h1-10H,11H2,(H,24,25). The summed E-state index contributed by atoms with van der Waals surface area (Å²) in [5.41, 5.74) is -0.286. The molecule has 0 radical (unpaired) electrons. The summed E-state index contributed by atoms with van der Waals surface area (Å²) in [7, 11) is -3.77. The van der Waals surface area contributed by atoms with E-state index < -0.39 is 33.3 Å². The molecule has 1 aromatic heterocycles. The lowest BCUT2D eigenvalue weighted by atomic mass is 10.2. The van der Waals surface area contributed by atoms with Crippen LogP contribution < -0.4 is 0 Å². The molecule has 1 heterocycles. The van der Waals surface area contributed by atoms with Crippen molar-refractivity contribution in [1.29, 1.82) is 0 Å². The largest absolute Gasteiger partial charge is 0.478 e. The molecule has 0 aliphatic carbocycles. The van der Waals surface area contributed by atoms with Crippen LogP contribution in [0.25, 0.3) is 5.69 Å². The Morgan fingerprint density at radius 3 is 2.14 bits per heavy atom. The monoisotopic (exact) mass is 410 g/mol. The van der Waals surface area contributed by atoms with Crippen LogP contribution in [-0.2, 0) is 21.8 Å². The first-order chi connectivity index (χ1) is 13.1. The fourth-order valence-corrected chi connectivity index (χ4v) is 3.73. The molecule has 28 heavy (non-hydrogen) atoms. The molecule has 0 atom stereocenters. The van der Waals surface area contributed by atoms with Gasteiger partial charge in [0.1, 0.15) is 0 Å². The van der Waals surface area contributed by atoms with E-state index in [1.54, 1.807) is 0 Å². The van der Waals surface area contributed by atoms with Gasteiger partial charge in [-0.05, 0) is 54.6 Å². The lowest BCUT2D eigenvalue weighted by molar-refractivity contribution is -0.137. The van der Waals surface area contributed by atoms with Crippen molar-refractivity contribution in [2.24, 2.45) is 0 Å². The summed E-state index contributed by atoms with van der Waals surface area (Å²) in [5, 5.41) is 13.0. The Kier molecular flexibility index (Phi) is 4.99. The molecule has 0 aliphatic heterocycles. The van der Waals surface area contributed by atoms with Crippen molar-refractivity contribution in [3.05, 3.63) is 77.6 Å². The average molecular weight is 410 g/mol. The van der Waals surface area contributed by atoms with Crippen LogP contribution in [0.5, 0.6) is 0 Å². The molecule has 2 aromatic carbocycles. The Labute approximate surface area is 157 Å². The minimum absolute atomic E-state index is 0.0365. The normalized spacial score (nSPS) is 12.1. The van der Waals surface area contributed by atoms with Gasteiger partial charge in [0.15, 0.2) is 9.84 Å². The summed E-state index contributed by atoms with van der Waals surface area (Å²) in [6, 6.07) is 10.5. The molecule has 0 fully saturated rings. The maximum Gasteiger partial charge on any atom is 0.416 e. The zero-order chi connectivity index (χ0) is 20.5. The van der Waals surface area contributed by atoms with E-state index in [4.69, 9.17) is 5.11 Å². The Morgan fingerprint density at radius 1 is 1.00 bits per heavy atom. The van der Waals surface area contributed by atoms with E-state index in [0.29, 0.717) is 5.69 Å². The number of halogens is 3. The van der Waals surface area contributed by atoms with Crippen LogP contribution in [-0.4, -0.2) is 29.3 Å². The number of aromatic carboxylic acids is 1. The maximum atomic E-state index is 12.6. The number of rotatable bonds is 5. The topological polar surface area (TPSA) is 89.3 Å². The van der Waals surface area contributed by atoms with Gasteiger partial charge in [-0.3, -0.25) is 0 Å². The number of hydrogen-bond acceptors (Lipinski definition) is 4. The van der Waals surface area contributed by atoms with Gasteiger partial charge in [0, 0.05) is 6.20 Å². The van der Waals surface area contributed by atoms with Crippen LogP contribution in [0.2, 0.25) is 0 Å². The third-order valence-electron chi connectivity index (χ3n) is 3.90. The molecule has 0 spiro atoms. The van der Waals surface area contributed by atoms with Crippen molar-refractivity contribution in [1.82, 2.24) is 9.78 Å². The summed E-state index contributed by atoms with van der Waals surface area (Å²) in [6.07, 6.45) is -3.00. The third-order valence-corrected chi connectivity index (χ3v) is 5.57. The highest BCUT2D eigenvalue weighted by atomic mass is 32.2. The SMILES string of the molecule is O=C(O)c1ccc(S(=O)(=O)Cc2ccn(-c3ccc(C(F)(F)F)cc3)n2)cc1.